The van der Waals surface area contributed by atoms with Crippen molar-refractivity contribution in [2.45, 2.75) is 32.6 Å². The van der Waals surface area contributed by atoms with Gasteiger partial charge in [-0.3, -0.25) is 4.79 Å². The van der Waals surface area contributed by atoms with E-state index in [9.17, 15) is 4.79 Å². The molecule has 0 atom stereocenters. The van der Waals surface area contributed by atoms with Gasteiger partial charge < -0.3 is 0 Å². The SMILES string of the molecule is CC(C)c1ccccc1C(=O)CCCBr. The molecule has 0 aromatic heterocycles. The summed E-state index contributed by atoms with van der Waals surface area (Å²) in [4.78, 5) is 11.9. The van der Waals surface area contributed by atoms with Crippen molar-refractivity contribution in [2.75, 3.05) is 5.33 Å². The highest BCUT2D eigenvalue weighted by Crippen LogP contribution is 2.20. The number of hydrogen-bond donors (Lipinski definition) is 0. The van der Waals surface area contributed by atoms with Crippen molar-refractivity contribution < 1.29 is 4.79 Å². The van der Waals surface area contributed by atoms with E-state index in [0.717, 1.165) is 22.9 Å². The zero-order valence-corrected chi connectivity index (χ0v) is 10.9. The van der Waals surface area contributed by atoms with E-state index in [1.807, 2.05) is 24.3 Å². The van der Waals surface area contributed by atoms with Crippen molar-refractivity contribution in [3.63, 3.8) is 0 Å². The number of hydrogen-bond acceptors (Lipinski definition) is 1. The molecule has 0 heterocycles. The zero-order chi connectivity index (χ0) is 11.3. The molecule has 15 heavy (non-hydrogen) atoms. The molecule has 1 rings (SSSR count). The molecule has 0 radical (unpaired) electrons. The van der Waals surface area contributed by atoms with E-state index in [0.29, 0.717) is 12.3 Å². The number of carbonyl (C=O) groups excluding carboxylic acids is 1. The van der Waals surface area contributed by atoms with E-state index < -0.39 is 0 Å². The normalized spacial score (nSPS) is 10.7. The summed E-state index contributed by atoms with van der Waals surface area (Å²) < 4.78 is 0. The minimum Gasteiger partial charge on any atom is -0.294 e. The Kier molecular flexibility index (Phi) is 5.03. The van der Waals surface area contributed by atoms with Crippen LogP contribution in [-0.2, 0) is 0 Å². The summed E-state index contributed by atoms with van der Waals surface area (Å²) in [6.07, 6.45) is 1.54. The van der Waals surface area contributed by atoms with Gasteiger partial charge in [0.25, 0.3) is 0 Å². The molecule has 0 aliphatic heterocycles. The molecule has 1 aromatic carbocycles. The molecule has 0 unspecified atom stereocenters. The molecule has 0 aliphatic rings. The highest BCUT2D eigenvalue weighted by molar-refractivity contribution is 9.09. The number of halogens is 1. The van der Waals surface area contributed by atoms with Crippen LogP contribution in [-0.4, -0.2) is 11.1 Å². The Balaban J connectivity index is 2.87. The molecule has 0 spiro atoms. The summed E-state index contributed by atoms with van der Waals surface area (Å²) in [6.45, 7) is 4.24. The minimum absolute atomic E-state index is 0.263. The average Bonchev–Trinajstić information content (AvgIpc) is 2.25. The highest BCUT2D eigenvalue weighted by Gasteiger charge is 2.12. The fourth-order valence-electron chi connectivity index (χ4n) is 1.62. The topological polar surface area (TPSA) is 17.1 Å². The fourth-order valence-corrected chi connectivity index (χ4v) is 1.90. The van der Waals surface area contributed by atoms with E-state index in [1.54, 1.807) is 0 Å². The Labute approximate surface area is 100 Å². The van der Waals surface area contributed by atoms with Gasteiger partial charge in [0.05, 0.1) is 0 Å². The molecule has 1 aromatic rings. The van der Waals surface area contributed by atoms with Crippen LogP contribution in [0.25, 0.3) is 0 Å². The number of Topliss-reactive ketones (excluding diaryl/α,β-unsaturated/α-hetero) is 1. The van der Waals surface area contributed by atoms with Crippen LogP contribution in [0.4, 0.5) is 0 Å². The van der Waals surface area contributed by atoms with Crippen molar-refractivity contribution in [3.05, 3.63) is 35.4 Å². The third kappa shape index (κ3) is 3.45. The van der Waals surface area contributed by atoms with Crippen molar-refractivity contribution in [1.29, 1.82) is 0 Å². The van der Waals surface area contributed by atoms with E-state index in [-0.39, 0.29) is 5.78 Å². The largest absolute Gasteiger partial charge is 0.294 e. The van der Waals surface area contributed by atoms with Gasteiger partial charge in [0.2, 0.25) is 0 Å². The minimum atomic E-state index is 0.263. The molecular weight excluding hydrogens is 252 g/mol. The van der Waals surface area contributed by atoms with E-state index >= 15 is 0 Å². The third-order valence-corrected chi connectivity index (χ3v) is 2.98. The number of benzene rings is 1. The highest BCUT2D eigenvalue weighted by atomic mass is 79.9. The first-order valence-electron chi connectivity index (χ1n) is 5.35. The van der Waals surface area contributed by atoms with Gasteiger partial charge in [-0.2, -0.15) is 0 Å². The Hall–Kier alpha value is -0.630. The lowest BCUT2D eigenvalue weighted by Crippen LogP contribution is -2.05. The van der Waals surface area contributed by atoms with Crippen molar-refractivity contribution in [2.24, 2.45) is 0 Å². The number of carbonyl (C=O) groups is 1. The van der Waals surface area contributed by atoms with E-state index in [2.05, 4.69) is 29.8 Å². The summed E-state index contributed by atoms with van der Waals surface area (Å²) in [5, 5.41) is 0.891. The second-order valence-electron chi connectivity index (χ2n) is 3.96. The second-order valence-corrected chi connectivity index (χ2v) is 4.75. The van der Waals surface area contributed by atoms with Gasteiger partial charge in [0.15, 0.2) is 5.78 Å². The average molecular weight is 269 g/mol. The molecule has 0 fully saturated rings. The molecule has 0 aliphatic carbocycles. The maximum Gasteiger partial charge on any atom is 0.163 e. The van der Waals surface area contributed by atoms with Gasteiger partial charge in [-0.25, -0.2) is 0 Å². The maximum absolute atomic E-state index is 11.9. The van der Waals surface area contributed by atoms with E-state index in [1.165, 1.54) is 0 Å². The number of ketones is 1. The summed E-state index contributed by atoms with van der Waals surface area (Å²) >= 11 is 3.35. The van der Waals surface area contributed by atoms with Gasteiger partial charge in [0.1, 0.15) is 0 Å². The zero-order valence-electron chi connectivity index (χ0n) is 9.29. The lowest BCUT2D eigenvalue weighted by atomic mass is 9.93. The first-order valence-corrected chi connectivity index (χ1v) is 6.47. The van der Waals surface area contributed by atoms with Crippen LogP contribution in [0.3, 0.4) is 0 Å². The molecule has 0 saturated carbocycles. The molecule has 0 bridgehead atoms. The molecule has 2 heteroatoms. The Morgan fingerprint density at radius 3 is 2.60 bits per heavy atom. The van der Waals surface area contributed by atoms with Gasteiger partial charge >= 0.3 is 0 Å². The smallest absolute Gasteiger partial charge is 0.163 e. The van der Waals surface area contributed by atoms with Crippen LogP contribution in [0.15, 0.2) is 24.3 Å². The molecule has 0 saturated heterocycles. The molecule has 82 valence electrons. The second kappa shape index (κ2) is 6.06. The monoisotopic (exact) mass is 268 g/mol. The first-order chi connectivity index (χ1) is 7.16. The molecule has 0 amide bonds. The predicted molar refractivity (Wildman–Crippen MR) is 67.9 cm³/mol. The summed E-state index contributed by atoms with van der Waals surface area (Å²) in [6, 6.07) is 7.92. The summed E-state index contributed by atoms with van der Waals surface area (Å²) in [7, 11) is 0. The standard InChI is InChI=1S/C13H17BrO/c1-10(2)11-6-3-4-7-12(11)13(15)8-5-9-14/h3-4,6-7,10H,5,8-9H2,1-2H3. The van der Waals surface area contributed by atoms with Crippen LogP contribution in [0, 0.1) is 0 Å². The summed E-state index contributed by atoms with van der Waals surface area (Å²) in [5.41, 5.74) is 2.06. The van der Waals surface area contributed by atoms with Crippen molar-refractivity contribution in [3.8, 4) is 0 Å². The van der Waals surface area contributed by atoms with Crippen LogP contribution < -0.4 is 0 Å². The van der Waals surface area contributed by atoms with Crippen LogP contribution in [0.2, 0.25) is 0 Å². The van der Waals surface area contributed by atoms with Gasteiger partial charge in [0, 0.05) is 17.3 Å². The third-order valence-electron chi connectivity index (χ3n) is 2.42. The number of alkyl halides is 1. The van der Waals surface area contributed by atoms with Crippen LogP contribution in [0.1, 0.15) is 48.5 Å². The first kappa shape index (κ1) is 12.4. The Morgan fingerprint density at radius 2 is 2.00 bits per heavy atom. The van der Waals surface area contributed by atoms with Gasteiger partial charge in [-0.1, -0.05) is 54.0 Å². The van der Waals surface area contributed by atoms with Crippen molar-refractivity contribution >= 4 is 21.7 Å². The van der Waals surface area contributed by atoms with E-state index in [4.69, 9.17) is 0 Å². The molecular formula is C13H17BrO. The predicted octanol–water partition coefficient (Wildman–Crippen LogP) is 4.17. The Bertz CT molecular complexity index is 331. The quantitative estimate of drug-likeness (QED) is 0.579. The molecule has 0 N–H and O–H groups in total. The van der Waals surface area contributed by atoms with Crippen molar-refractivity contribution in [1.82, 2.24) is 0 Å². The van der Waals surface area contributed by atoms with Crippen LogP contribution >= 0.6 is 15.9 Å². The number of rotatable bonds is 5. The lowest BCUT2D eigenvalue weighted by molar-refractivity contribution is 0.0981. The maximum atomic E-state index is 11.9. The van der Waals surface area contributed by atoms with Gasteiger partial charge in [-0.15, -0.1) is 0 Å². The van der Waals surface area contributed by atoms with Gasteiger partial charge in [-0.05, 0) is 17.9 Å². The fraction of sp³-hybridized carbons (Fsp3) is 0.462. The Morgan fingerprint density at radius 1 is 1.33 bits per heavy atom. The lowest BCUT2D eigenvalue weighted by Gasteiger charge is -2.11. The molecule has 1 nitrogen and oxygen atoms in total. The van der Waals surface area contributed by atoms with Crippen LogP contribution in [0.5, 0.6) is 0 Å². The summed E-state index contributed by atoms with van der Waals surface area (Å²) in [5.74, 6) is 0.674.